The maximum absolute atomic E-state index is 12.6. The first-order valence-corrected chi connectivity index (χ1v) is 8.84. The predicted molar refractivity (Wildman–Crippen MR) is 101 cm³/mol. The quantitative estimate of drug-likeness (QED) is 0.564. The number of Topliss-reactive ketones (excluding diaryl/α,β-unsaturated/α-hetero) is 2. The molecule has 27 heavy (non-hydrogen) atoms. The molecule has 0 saturated heterocycles. The molecule has 0 aliphatic rings. The highest BCUT2D eigenvalue weighted by atomic mass is 16.5. The normalized spacial score (nSPS) is 11.7. The molecule has 0 aliphatic heterocycles. The lowest BCUT2D eigenvalue weighted by Crippen LogP contribution is -2.26. The largest absolute Gasteiger partial charge is 0.493 e. The van der Waals surface area contributed by atoms with Gasteiger partial charge in [-0.1, -0.05) is 12.1 Å². The molecule has 0 bridgehead atoms. The fourth-order valence-electron chi connectivity index (χ4n) is 2.99. The van der Waals surface area contributed by atoms with Crippen LogP contribution >= 0.6 is 0 Å². The third-order valence-corrected chi connectivity index (χ3v) is 4.28. The van der Waals surface area contributed by atoms with Crippen LogP contribution in [0.4, 0.5) is 0 Å². The molecule has 2 rings (SSSR count). The van der Waals surface area contributed by atoms with Crippen molar-refractivity contribution in [1.82, 2.24) is 4.98 Å². The minimum Gasteiger partial charge on any atom is -0.493 e. The number of benzene rings is 1. The highest BCUT2D eigenvalue weighted by Gasteiger charge is 2.25. The molecular formula is C21H25NO5. The lowest BCUT2D eigenvalue weighted by molar-refractivity contribution is -0.146. The van der Waals surface area contributed by atoms with E-state index in [1.54, 1.807) is 13.8 Å². The summed E-state index contributed by atoms with van der Waals surface area (Å²) in [4.78, 5) is 39.2. The standard InChI is InChI=1S/C21H25NO5/c1-12-7-6-8-17(11-12)26-10-9-18(24)27-16(5)21(25)20-13(2)19(15(4)23)14(3)22-20/h6-8,11,16,22H,9-10H2,1-5H3/t16-/m0/s1. The Labute approximate surface area is 158 Å². The number of aromatic nitrogens is 1. The number of ether oxygens (including phenoxy) is 2. The first-order chi connectivity index (χ1) is 12.7. The molecule has 0 spiro atoms. The molecule has 0 aliphatic carbocycles. The van der Waals surface area contributed by atoms with Gasteiger partial charge in [0.1, 0.15) is 5.75 Å². The van der Waals surface area contributed by atoms with Crippen molar-refractivity contribution in [3.63, 3.8) is 0 Å². The van der Waals surface area contributed by atoms with Crippen LogP contribution in [0.3, 0.4) is 0 Å². The van der Waals surface area contributed by atoms with E-state index in [2.05, 4.69) is 4.98 Å². The second-order valence-corrected chi connectivity index (χ2v) is 6.59. The Morgan fingerprint density at radius 1 is 1.15 bits per heavy atom. The van der Waals surface area contributed by atoms with Gasteiger partial charge in [-0.25, -0.2) is 0 Å². The Kier molecular flexibility index (Phi) is 6.55. The van der Waals surface area contributed by atoms with Crippen molar-refractivity contribution >= 4 is 17.5 Å². The van der Waals surface area contributed by atoms with E-state index in [1.807, 2.05) is 31.2 Å². The van der Waals surface area contributed by atoms with E-state index in [9.17, 15) is 14.4 Å². The van der Waals surface area contributed by atoms with Gasteiger partial charge in [0.15, 0.2) is 11.9 Å². The third-order valence-electron chi connectivity index (χ3n) is 4.28. The van der Waals surface area contributed by atoms with E-state index < -0.39 is 12.1 Å². The topological polar surface area (TPSA) is 85.5 Å². The molecule has 1 heterocycles. The Morgan fingerprint density at radius 2 is 1.85 bits per heavy atom. The number of aryl methyl sites for hydroxylation is 2. The van der Waals surface area contributed by atoms with Crippen molar-refractivity contribution in [3.8, 4) is 5.75 Å². The van der Waals surface area contributed by atoms with Crippen LogP contribution in [-0.2, 0) is 9.53 Å². The number of H-pyrrole nitrogens is 1. The van der Waals surface area contributed by atoms with E-state index in [0.29, 0.717) is 28.3 Å². The van der Waals surface area contributed by atoms with Crippen molar-refractivity contribution in [1.29, 1.82) is 0 Å². The number of nitrogens with one attached hydrogen (secondary N) is 1. The maximum Gasteiger partial charge on any atom is 0.309 e. The molecule has 1 N–H and O–H groups in total. The highest BCUT2D eigenvalue weighted by Crippen LogP contribution is 2.20. The van der Waals surface area contributed by atoms with Gasteiger partial charge in [-0.2, -0.15) is 0 Å². The number of hydrogen-bond acceptors (Lipinski definition) is 5. The minimum absolute atomic E-state index is 0.0347. The molecule has 144 valence electrons. The minimum atomic E-state index is -0.951. The summed E-state index contributed by atoms with van der Waals surface area (Å²) in [6, 6.07) is 7.52. The zero-order valence-corrected chi connectivity index (χ0v) is 16.3. The predicted octanol–water partition coefficient (Wildman–Crippen LogP) is 3.73. The van der Waals surface area contributed by atoms with Crippen molar-refractivity contribution in [2.75, 3.05) is 6.61 Å². The fraction of sp³-hybridized carbons (Fsp3) is 0.381. The van der Waals surface area contributed by atoms with Crippen molar-refractivity contribution in [3.05, 3.63) is 52.3 Å². The number of esters is 1. The SMILES string of the molecule is CC(=O)c1c(C)[nH]c(C(=O)[C@H](C)OC(=O)CCOc2cccc(C)c2)c1C. The van der Waals surface area contributed by atoms with Crippen molar-refractivity contribution < 1.29 is 23.9 Å². The highest BCUT2D eigenvalue weighted by molar-refractivity contribution is 6.05. The summed E-state index contributed by atoms with van der Waals surface area (Å²) in [5.74, 6) is -0.313. The summed E-state index contributed by atoms with van der Waals surface area (Å²) in [7, 11) is 0. The van der Waals surface area contributed by atoms with E-state index >= 15 is 0 Å². The van der Waals surface area contributed by atoms with Gasteiger partial charge in [0.05, 0.1) is 18.7 Å². The molecule has 0 radical (unpaired) electrons. The second-order valence-electron chi connectivity index (χ2n) is 6.59. The van der Waals surface area contributed by atoms with E-state index in [1.165, 1.54) is 13.8 Å². The molecule has 0 saturated carbocycles. The van der Waals surface area contributed by atoms with Gasteiger partial charge in [0.2, 0.25) is 5.78 Å². The Hall–Kier alpha value is -2.89. The van der Waals surface area contributed by atoms with Gasteiger partial charge in [0, 0.05) is 11.3 Å². The van der Waals surface area contributed by atoms with Crippen LogP contribution in [0.2, 0.25) is 0 Å². The fourth-order valence-corrected chi connectivity index (χ4v) is 2.99. The van der Waals surface area contributed by atoms with Gasteiger partial charge in [0.25, 0.3) is 0 Å². The van der Waals surface area contributed by atoms with Crippen LogP contribution in [-0.4, -0.2) is 35.2 Å². The van der Waals surface area contributed by atoms with Crippen LogP contribution < -0.4 is 4.74 Å². The van der Waals surface area contributed by atoms with Crippen LogP contribution in [0.5, 0.6) is 5.75 Å². The average Bonchev–Trinajstić information content (AvgIpc) is 2.88. The van der Waals surface area contributed by atoms with Gasteiger partial charge >= 0.3 is 5.97 Å². The number of ketones is 2. The number of rotatable bonds is 8. The Bertz CT molecular complexity index is 865. The summed E-state index contributed by atoms with van der Waals surface area (Å²) in [5.41, 5.74) is 3.08. The monoisotopic (exact) mass is 371 g/mol. The molecular weight excluding hydrogens is 346 g/mol. The first-order valence-electron chi connectivity index (χ1n) is 8.84. The summed E-state index contributed by atoms with van der Waals surface area (Å²) >= 11 is 0. The molecule has 6 nitrogen and oxygen atoms in total. The van der Waals surface area contributed by atoms with Gasteiger partial charge in [-0.15, -0.1) is 0 Å². The maximum atomic E-state index is 12.6. The lowest BCUT2D eigenvalue weighted by Gasteiger charge is -2.13. The zero-order chi connectivity index (χ0) is 20.1. The lowest BCUT2D eigenvalue weighted by atomic mass is 10.0. The molecule has 6 heteroatoms. The number of aromatic amines is 1. The van der Waals surface area contributed by atoms with Crippen molar-refractivity contribution in [2.45, 2.75) is 47.1 Å². The number of carbonyl (C=O) groups is 3. The molecule has 0 unspecified atom stereocenters. The molecule has 1 aromatic heterocycles. The summed E-state index contributed by atoms with van der Waals surface area (Å²) in [6.07, 6.45) is -0.916. The summed E-state index contributed by atoms with van der Waals surface area (Å²) < 4.78 is 10.7. The van der Waals surface area contributed by atoms with Gasteiger partial charge in [-0.3, -0.25) is 14.4 Å². The Balaban J connectivity index is 1.91. The molecule has 2 aromatic rings. The van der Waals surface area contributed by atoms with Crippen molar-refractivity contribution in [2.24, 2.45) is 0 Å². The smallest absolute Gasteiger partial charge is 0.309 e. The van der Waals surface area contributed by atoms with E-state index in [0.717, 1.165) is 5.56 Å². The zero-order valence-electron chi connectivity index (χ0n) is 16.3. The molecule has 0 fully saturated rings. The van der Waals surface area contributed by atoms with Crippen LogP contribution in [0.25, 0.3) is 0 Å². The van der Waals surface area contributed by atoms with E-state index in [-0.39, 0.29) is 24.6 Å². The number of hydrogen-bond donors (Lipinski definition) is 1. The van der Waals surface area contributed by atoms with Crippen LogP contribution in [0, 0.1) is 20.8 Å². The summed E-state index contributed by atoms with van der Waals surface area (Å²) in [6.45, 7) is 8.53. The van der Waals surface area contributed by atoms with Crippen LogP contribution in [0.15, 0.2) is 24.3 Å². The Morgan fingerprint density at radius 3 is 2.44 bits per heavy atom. The van der Waals surface area contributed by atoms with Gasteiger partial charge in [-0.05, 0) is 57.9 Å². The summed E-state index contributed by atoms with van der Waals surface area (Å²) in [5, 5.41) is 0. The average molecular weight is 371 g/mol. The van der Waals surface area contributed by atoms with Gasteiger partial charge < -0.3 is 14.5 Å². The third kappa shape index (κ3) is 5.06. The molecule has 1 atom stereocenters. The second kappa shape index (κ2) is 8.66. The van der Waals surface area contributed by atoms with E-state index in [4.69, 9.17) is 9.47 Å². The molecule has 0 amide bonds. The first kappa shape index (κ1) is 20.4. The molecule has 1 aromatic carbocycles. The number of carbonyl (C=O) groups excluding carboxylic acids is 3. The van der Waals surface area contributed by atoms with Crippen LogP contribution in [0.1, 0.15) is 57.9 Å².